The lowest BCUT2D eigenvalue weighted by Gasteiger charge is -2.09. The van der Waals surface area contributed by atoms with Crippen LogP contribution in [0.25, 0.3) is 0 Å². The standard InChI is InChI=1S/C15H12F2N2OS/c1-8-3-2-4-10(13(8)17)15(20)19-9-5-6-12(16)11(7-9)14(18)21/h2-7H,1H3,(H2,18,21)(H,19,20). The van der Waals surface area contributed by atoms with Crippen LogP contribution in [-0.4, -0.2) is 10.9 Å². The molecule has 0 fully saturated rings. The summed E-state index contributed by atoms with van der Waals surface area (Å²) in [5, 5.41) is 2.49. The maximum Gasteiger partial charge on any atom is 0.258 e. The van der Waals surface area contributed by atoms with E-state index in [4.69, 9.17) is 18.0 Å². The Balaban J connectivity index is 2.30. The van der Waals surface area contributed by atoms with E-state index in [9.17, 15) is 13.6 Å². The van der Waals surface area contributed by atoms with E-state index in [0.717, 1.165) is 6.07 Å². The number of nitrogens with two attached hydrogens (primary N) is 1. The summed E-state index contributed by atoms with van der Waals surface area (Å²) in [6.07, 6.45) is 0. The van der Waals surface area contributed by atoms with Crippen molar-refractivity contribution in [2.75, 3.05) is 5.32 Å². The average molecular weight is 306 g/mol. The number of thiocarbonyl (C=S) groups is 1. The largest absolute Gasteiger partial charge is 0.389 e. The van der Waals surface area contributed by atoms with Crippen molar-refractivity contribution in [1.29, 1.82) is 0 Å². The van der Waals surface area contributed by atoms with Gasteiger partial charge in [0, 0.05) is 11.3 Å². The summed E-state index contributed by atoms with van der Waals surface area (Å²) >= 11 is 4.72. The van der Waals surface area contributed by atoms with Gasteiger partial charge in [-0.2, -0.15) is 0 Å². The van der Waals surface area contributed by atoms with Gasteiger partial charge in [0.25, 0.3) is 5.91 Å². The molecule has 0 spiro atoms. The van der Waals surface area contributed by atoms with E-state index in [1.54, 1.807) is 19.1 Å². The number of nitrogens with one attached hydrogen (secondary N) is 1. The zero-order chi connectivity index (χ0) is 15.6. The Hall–Kier alpha value is -2.34. The van der Waals surface area contributed by atoms with Gasteiger partial charge in [-0.3, -0.25) is 4.79 Å². The Morgan fingerprint density at radius 2 is 1.90 bits per heavy atom. The highest BCUT2D eigenvalue weighted by atomic mass is 32.1. The number of benzene rings is 2. The summed E-state index contributed by atoms with van der Waals surface area (Å²) in [7, 11) is 0. The first-order valence-corrected chi connectivity index (χ1v) is 6.47. The fourth-order valence-corrected chi connectivity index (χ4v) is 1.97. The first-order valence-electron chi connectivity index (χ1n) is 6.06. The van der Waals surface area contributed by atoms with Gasteiger partial charge in [-0.1, -0.05) is 24.4 Å². The van der Waals surface area contributed by atoms with Crippen molar-refractivity contribution < 1.29 is 13.6 Å². The van der Waals surface area contributed by atoms with Gasteiger partial charge in [-0.05, 0) is 36.8 Å². The molecule has 0 unspecified atom stereocenters. The SMILES string of the molecule is Cc1cccc(C(=O)Nc2ccc(F)c(C(N)=S)c2)c1F. The maximum atomic E-state index is 13.9. The third-order valence-corrected chi connectivity index (χ3v) is 3.15. The molecule has 108 valence electrons. The number of carbonyl (C=O) groups excluding carboxylic acids is 1. The minimum absolute atomic E-state index is 0.0208. The number of anilines is 1. The molecule has 2 aromatic carbocycles. The molecule has 0 aliphatic carbocycles. The first-order chi connectivity index (χ1) is 9.90. The van der Waals surface area contributed by atoms with Crippen LogP contribution in [0.15, 0.2) is 36.4 Å². The van der Waals surface area contributed by atoms with E-state index in [0.29, 0.717) is 5.56 Å². The highest BCUT2D eigenvalue weighted by Crippen LogP contribution is 2.18. The Bertz CT molecular complexity index is 732. The Kier molecular flexibility index (Phi) is 4.28. The van der Waals surface area contributed by atoms with Crippen LogP contribution in [-0.2, 0) is 0 Å². The van der Waals surface area contributed by atoms with Gasteiger partial charge in [-0.25, -0.2) is 8.78 Å². The summed E-state index contributed by atoms with van der Waals surface area (Å²) in [5.41, 5.74) is 5.97. The molecular weight excluding hydrogens is 294 g/mol. The molecular formula is C15H12F2N2OS. The van der Waals surface area contributed by atoms with Crippen molar-refractivity contribution in [3.8, 4) is 0 Å². The van der Waals surface area contributed by atoms with E-state index in [2.05, 4.69) is 5.32 Å². The Morgan fingerprint density at radius 3 is 2.57 bits per heavy atom. The van der Waals surface area contributed by atoms with Crippen LogP contribution in [0.2, 0.25) is 0 Å². The molecule has 0 saturated carbocycles. The van der Waals surface area contributed by atoms with Gasteiger partial charge >= 0.3 is 0 Å². The lowest BCUT2D eigenvalue weighted by molar-refractivity contribution is 0.102. The zero-order valence-electron chi connectivity index (χ0n) is 11.1. The third-order valence-electron chi connectivity index (χ3n) is 2.93. The normalized spacial score (nSPS) is 10.2. The number of hydrogen-bond acceptors (Lipinski definition) is 2. The second-order valence-corrected chi connectivity index (χ2v) is 4.89. The molecule has 0 saturated heterocycles. The van der Waals surface area contributed by atoms with Gasteiger partial charge in [0.15, 0.2) is 0 Å². The fourth-order valence-electron chi connectivity index (χ4n) is 1.81. The lowest BCUT2D eigenvalue weighted by atomic mass is 10.1. The van der Waals surface area contributed by atoms with Gasteiger partial charge < -0.3 is 11.1 Å². The Labute approximate surface area is 125 Å². The molecule has 0 aromatic heterocycles. The molecule has 0 radical (unpaired) electrons. The van der Waals surface area contributed by atoms with E-state index >= 15 is 0 Å². The van der Waals surface area contributed by atoms with Crippen molar-refractivity contribution in [3.05, 3.63) is 64.7 Å². The number of hydrogen-bond donors (Lipinski definition) is 2. The van der Waals surface area contributed by atoms with Crippen LogP contribution in [0.5, 0.6) is 0 Å². The maximum absolute atomic E-state index is 13.9. The van der Waals surface area contributed by atoms with Crippen LogP contribution in [0.3, 0.4) is 0 Å². The highest BCUT2D eigenvalue weighted by molar-refractivity contribution is 7.80. The molecule has 2 rings (SSSR count). The molecule has 2 aromatic rings. The smallest absolute Gasteiger partial charge is 0.258 e. The van der Waals surface area contributed by atoms with Crippen LogP contribution < -0.4 is 11.1 Å². The van der Waals surface area contributed by atoms with E-state index in [1.165, 1.54) is 18.2 Å². The average Bonchev–Trinajstić information content (AvgIpc) is 2.43. The molecule has 3 nitrogen and oxygen atoms in total. The van der Waals surface area contributed by atoms with Crippen LogP contribution in [0, 0.1) is 18.6 Å². The zero-order valence-corrected chi connectivity index (χ0v) is 11.9. The summed E-state index contributed by atoms with van der Waals surface area (Å²) < 4.78 is 27.3. The molecule has 0 bridgehead atoms. The second kappa shape index (κ2) is 5.97. The van der Waals surface area contributed by atoms with Gasteiger partial charge in [0.1, 0.15) is 16.6 Å². The molecule has 0 aliphatic rings. The number of amides is 1. The third kappa shape index (κ3) is 3.22. The van der Waals surface area contributed by atoms with Crippen molar-refractivity contribution in [3.63, 3.8) is 0 Å². The van der Waals surface area contributed by atoms with E-state index in [-0.39, 0.29) is 21.8 Å². The minimum Gasteiger partial charge on any atom is -0.389 e. The first kappa shape index (κ1) is 15.1. The summed E-state index contributed by atoms with van der Waals surface area (Å²) in [6, 6.07) is 8.31. The highest BCUT2D eigenvalue weighted by Gasteiger charge is 2.14. The number of carbonyl (C=O) groups is 1. The van der Waals surface area contributed by atoms with E-state index in [1.807, 2.05) is 0 Å². The van der Waals surface area contributed by atoms with Gasteiger partial charge in [-0.15, -0.1) is 0 Å². The molecule has 3 N–H and O–H groups in total. The van der Waals surface area contributed by atoms with Crippen LogP contribution in [0.4, 0.5) is 14.5 Å². The molecule has 0 heterocycles. The van der Waals surface area contributed by atoms with E-state index < -0.39 is 17.5 Å². The van der Waals surface area contributed by atoms with Crippen molar-refractivity contribution in [1.82, 2.24) is 0 Å². The summed E-state index contributed by atoms with van der Waals surface area (Å²) in [4.78, 5) is 11.9. The number of aryl methyl sites for hydroxylation is 1. The summed E-state index contributed by atoms with van der Waals surface area (Å²) in [6.45, 7) is 1.56. The van der Waals surface area contributed by atoms with Crippen LogP contribution in [0.1, 0.15) is 21.5 Å². The van der Waals surface area contributed by atoms with Crippen LogP contribution >= 0.6 is 12.2 Å². The number of rotatable bonds is 3. The topological polar surface area (TPSA) is 55.1 Å². The molecule has 0 atom stereocenters. The van der Waals surface area contributed by atoms with Crippen molar-refractivity contribution in [2.24, 2.45) is 5.73 Å². The minimum atomic E-state index is -0.628. The Morgan fingerprint density at radius 1 is 1.19 bits per heavy atom. The lowest BCUT2D eigenvalue weighted by Crippen LogP contribution is -2.16. The molecule has 0 aliphatic heterocycles. The predicted octanol–water partition coefficient (Wildman–Crippen LogP) is 3.16. The number of halogens is 2. The molecule has 6 heteroatoms. The fraction of sp³-hybridized carbons (Fsp3) is 0.0667. The van der Waals surface area contributed by atoms with Crippen molar-refractivity contribution >= 4 is 28.8 Å². The second-order valence-electron chi connectivity index (χ2n) is 4.45. The monoisotopic (exact) mass is 306 g/mol. The quantitative estimate of drug-likeness (QED) is 0.857. The van der Waals surface area contributed by atoms with Gasteiger partial charge in [0.2, 0.25) is 0 Å². The molecule has 21 heavy (non-hydrogen) atoms. The predicted molar refractivity (Wildman–Crippen MR) is 81.4 cm³/mol. The van der Waals surface area contributed by atoms with Gasteiger partial charge in [0.05, 0.1) is 5.56 Å². The van der Waals surface area contributed by atoms with Crippen molar-refractivity contribution in [2.45, 2.75) is 6.92 Å². The summed E-state index contributed by atoms with van der Waals surface area (Å²) in [5.74, 6) is -1.80. The molecule has 1 amide bonds.